The summed E-state index contributed by atoms with van der Waals surface area (Å²) in [7, 11) is 4.41. The highest BCUT2D eigenvalue weighted by atomic mass is 15.1. The summed E-state index contributed by atoms with van der Waals surface area (Å²) in [6.07, 6.45) is 5.64. The van der Waals surface area contributed by atoms with Gasteiger partial charge in [0.1, 0.15) is 0 Å². The first-order valence-corrected chi connectivity index (χ1v) is 7.50. The van der Waals surface area contributed by atoms with Gasteiger partial charge in [0.25, 0.3) is 0 Å². The van der Waals surface area contributed by atoms with E-state index in [0.29, 0.717) is 0 Å². The minimum Gasteiger partial charge on any atom is -0.306 e. The molecular weight excluding hydrogens is 208 g/mol. The Balaban J connectivity index is 0.000000278. The molecule has 0 radical (unpaired) electrons. The molecule has 1 unspecified atom stereocenters. The van der Waals surface area contributed by atoms with Gasteiger partial charge in [0.05, 0.1) is 0 Å². The number of hydrogen-bond acceptors (Lipinski definition) is 2. The summed E-state index contributed by atoms with van der Waals surface area (Å²) in [4.78, 5) is 4.84. The van der Waals surface area contributed by atoms with Crippen molar-refractivity contribution in [2.24, 2.45) is 5.92 Å². The van der Waals surface area contributed by atoms with E-state index in [1.54, 1.807) is 0 Å². The summed E-state index contributed by atoms with van der Waals surface area (Å²) < 4.78 is 0. The lowest BCUT2D eigenvalue weighted by atomic mass is 10.0. The van der Waals surface area contributed by atoms with Crippen molar-refractivity contribution in [3.05, 3.63) is 0 Å². The average Bonchev–Trinajstić information content (AvgIpc) is 2.93. The number of rotatable bonds is 1. The lowest BCUT2D eigenvalue weighted by Crippen LogP contribution is -2.29. The summed E-state index contributed by atoms with van der Waals surface area (Å²) in [5.74, 6) is 0.845. The Morgan fingerprint density at radius 3 is 1.59 bits per heavy atom. The van der Waals surface area contributed by atoms with Crippen LogP contribution in [0.4, 0.5) is 0 Å². The van der Waals surface area contributed by atoms with E-state index in [2.05, 4.69) is 37.7 Å². The zero-order valence-corrected chi connectivity index (χ0v) is 13.0. The molecule has 104 valence electrons. The maximum Gasteiger partial charge on any atom is 0.0116 e. The Kier molecular flexibility index (Phi) is 9.85. The van der Waals surface area contributed by atoms with Crippen molar-refractivity contribution >= 4 is 0 Å². The van der Waals surface area contributed by atoms with Crippen molar-refractivity contribution in [3.63, 3.8) is 0 Å². The minimum absolute atomic E-state index is 0.845. The number of nitrogens with zero attached hydrogens (tertiary/aromatic N) is 2. The van der Waals surface area contributed by atoms with Crippen molar-refractivity contribution in [3.8, 4) is 0 Å². The third-order valence-corrected chi connectivity index (χ3v) is 3.68. The predicted octanol–water partition coefficient (Wildman–Crippen LogP) is 3.47. The van der Waals surface area contributed by atoms with Crippen LogP contribution in [0.2, 0.25) is 0 Å². The second kappa shape index (κ2) is 9.90. The van der Waals surface area contributed by atoms with Gasteiger partial charge in [0, 0.05) is 6.04 Å². The number of likely N-dealkylation sites (tertiary alicyclic amines) is 2. The van der Waals surface area contributed by atoms with Gasteiger partial charge >= 0.3 is 0 Å². The minimum atomic E-state index is 0.845. The summed E-state index contributed by atoms with van der Waals surface area (Å²) in [5.41, 5.74) is 0. The molecule has 1 atom stereocenters. The standard InChI is InChI=1S/C8H17N.C5H11N.C2H6/c1-7(2)8-5-4-6-9(8)3;1-6-4-2-3-5-6;1-2/h7-8H,4-6H2,1-3H3;2-5H2,1H3;1-2H3. The molecule has 0 spiro atoms. The van der Waals surface area contributed by atoms with Crippen LogP contribution < -0.4 is 0 Å². The van der Waals surface area contributed by atoms with Crippen LogP contribution in [-0.4, -0.2) is 49.6 Å². The monoisotopic (exact) mass is 242 g/mol. The van der Waals surface area contributed by atoms with Crippen LogP contribution in [-0.2, 0) is 0 Å². The van der Waals surface area contributed by atoms with Gasteiger partial charge < -0.3 is 9.80 Å². The molecule has 2 rings (SSSR count). The molecule has 2 nitrogen and oxygen atoms in total. The Morgan fingerprint density at radius 2 is 1.41 bits per heavy atom. The van der Waals surface area contributed by atoms with Crippen molar-refractivity contribution in [2.75, 3.05) is 33.7 Å². The maximum atomic E-state index is 2.48. The molecule has 17 heavy (non-hydrogen) atoms. The van der Waals surface area contributed by atoms with Crippen molar-refractivity contribution in [1.29, 1.82) is 0 Å². The second-order valence-corrected chi connectivity index (χ2v) is 5.44. The fourth-order valence-corrected chi connectivity index (χ4v) is 2.65. The molecule has 0 aromatic carbocycles. The highest BCUT2D eigenvalue weighted by molar-refractivity contribution is 4.78. The van der Waals surface area contributed by atoms with Gasteiger partial charge in [-0.3, -0.25) is 0 Å². The quantitative estimate of drug-likeness (QED) is 0.694. The molecule has 2 fully saturated rings. The molecule has 0 amide bonds. The lowest BCUT2D eigenvalue weighted by molar-refractivity contribution is 0.250. The second-order valence-electron chi connectivity index (χ2n) is 5.44. The zero-order valence-electron chi connectivity index (χ0n) is 13.0. The molecule has 2 aliphatic rings. The Morgan fingerprint density at radius 1 is 0.882 bits per heavy atom. The van der Waals surface area contributed by atoms with Crippen LogP contribution in [0.25, 0.3) is 0 Å². The Labute approximate surface area is 109 Å². The fourth-order valence-electron chi connectivity index (χ4n) is 2.65. The van der Waals surface area contributed by atoms with E-state index < -0.39 is 0 Å². The zero-order chi connectivity index (χ0) is 13.3. The summed E-state index contributed by atoms with van der Waals surface area (Å²) in [6, 6.07) is 0.866. The molecule has 0 N–H and O–H groups in total. The third-order valence-electron chi connectivity index (χ3n) is 3.68. The van der Waals surface area contributed by atoms with Gasteiger partial charge in [-0.1, -0.05) is 27.7 Å². The highest BCUT2D eigenvalue weighted by Crippen LogP contribution is 2.21. The number of hydrogen-bond donors (Lipinski definition) is 0. The van der Waals surface area contributed by atoms with Crippen LogP contribution in [0.5, 0.6) is 0 Å². The lowest BCUT2D eigenvalue weighted by Gasteiger charge is -2.22. The van der Waals surface area contributed by atoms with Crippen molar-refractivity contribution < 1.29 is 0 Å². The van der Waals surface area contributed by atoms with Gasteiger partial charge in [0.15, 0.2) is 0 Å². The van der Waals surface area contributed by atoms with Crippen LogP contribution in [0.3, 0.4) is 0 Å². The van der Waals surface area contributed by atoms with Gasteiger partial charge in [0.2, 0.25) is 0 Å². The molecule has 2 heteroatoms. The van der Waals surface area contributed by atoms with Gasteiger partial charge in [-0.2, -0.15) is 0 Å². The molecule has 2 saturated heterocycles. The molecule has 2 heterocycles. The van der Waals surface area contributed by atoms with Crippen LogP contribution in [0.15, 0.2) is 0 Å². The Hall–Kier alpha value is -0.0800. The van der Waals surface area contributed by atoms with E-state index in [1.807, 2.05) is 13.8 Å². The summed E-state index contributed by atoms with van der Waals surface area (Å²) in [5, 5.41) is 0. The average molecular weight is 242 g/mol. The van der Waals surface area contributed by atoms with E-state index in [9.17, 15) is 0 Å². The Bertz CT molecular complexity index is 162. The largest absolute Gasteiger partial charge is 0.306 e. The van der Waals surface area contributed by atoms with Crippen LogP contribution >= 0.6 is 0 Å². The van der Waals surface area contributed by atoms with Gasteiger partial charge in [-0.15, -0.1) is 0 Å². The summed E-state index contributed by atoms with van der Waals surface area (Å²) in [6.45, 7) is 12.6. The molecule has 0 aromatic heterocycles. The molecule has 0 aliphatic carbocycles. The first-order valence-electron chi connectivity index (χ1n) is 7.50. The molecule has 0 bridgehead atoms. The third kappa shape index (κ3) is 7.05. The van der Waals surface area contributed by atoms with Crippen molar-refractivity contribution in [2.45, 2.75) is 59.4 Å². The fraction of sp³-hybridized carbons (Fsp3) is 1.00. The first kappa shape index (κ1) is 16.9. The predicted molar refractivity (Wildman–Crippen MR) is 78.6 cm³/mol. The summed E-state index contributed by atoms with van der Waals surface area (Å²) >= 11 is 0. The van der Waals surface area contributed by atoms with Crippen molar-refractivity contribution in [1.82, 2.24) is 9.80 Å². The molecule has 0 saturated carbocycles. The first-order chi connectivity index (χ1) is 8.11. The van der Waals surface area contributed by atoms with Gasteiger partial charge in [-0.25, -0.2) is 0 Å². The normalized spacial score (nSPS) is 25.2. The smallest absolute Gasteiger partial charge is 0.0116 e. The maximum absolute atomic E-state index is 2.48. The van der Waals surface area contributed by atoms with Crippen LogP contribution in [0.1, 0.15) is 53.4 Å². The molecule has 0 aromatic rings. The SMILES string of the molecule is CC.CC(C)C1CCCN1C.CN1CCCC1. The van der Waals surface area contributed by atoms with E-state index in [4.69, 9.17) is 0 Å². The molecule has 2 aliphatic heterocycles. The van der Waals surface area contributed by atoms with E-state index in [1.165, 1.54) is 45.3 Å². The van der Waals surface area contributed by atoms with E-state index >= 15 is 0 Å². The van der Waals surface area contributed by atoms with Crippen LogP contribution in [0, 0.1) is 5.92 Å². The molecular formula is C15H34N2. The van der Waals surface area contributed by atoms with Gasteiger partial charge in [-0.05, 0) is 65.3 Å². The van der Waals surface area contributed by atoms with E-state index in [-0.39, 0.29) is 0 Å². The van der Waals surface area contributed by atoms with E-state index in [0.717, 1.165) is 12.0 Å². The highest BCUT2D eigenvalue weighted by Gasteiger charge is 2.22. The topological polar surface area (TPSA) is 6.48 Å².